The third kappa shape index (κ3) is 4.35. The molecule has 0 aromatic heterocycles. The summed E-state index contributed by atoms with van der Waals surface area (Å²) in [5.74, 6) is 0.395. The summed E-state index contributed by atoms with van der Waals surface area (Å²) >= 11 is 0. The van der Waals surface area contributed by atoms with Gasteiger partial charge in [-0.15, -0.1) is 0 Å². The van der Waals surface area contributed by atoms with Gasteiger partial charge in [0.2, 0.25) is 6.79 Å². The Morgan fingerprint density at radius 2 is 1.80 bits per heavy atom. The molecule has 1 fully saturated rings. The number of benzene rings is 2. The molecule has 3 heterocycles. The molecule has 0 unspecified atom stereocenters. The Balaban J connectivity index is 1.75. The molecule has 35 heavy (non-hydrogen) atoms. The van der Waals surface area contributed by atoms with Crippen LogP contribution in [0.5, 0.6) is 11.5 Å². The first-order chi connectivity index (χ1) is 17.0. The van der Waals surface area contributed by atoms with Crippen molar-refractivity contribution in [2.75, 3.05) is 38.9 Å². The lowest BCUT2D eigenvalue weighted by atomic mass is 9.94. The molecule has 2 N–H and O–H groups in total. The Morgan fingerprint density at radius 1 is 1.06 bits per heavy atom. The molecule has 0 aliphatic carbocycles. The van der Waals surface area contributed by atoms with Gasteiger partial charge in [0, 0.05) is 28.4 Å². The Hall–Kier alpha value is -3.85. The van der Waals surface area contributed by atoms with Gasteiger partial charge < -0.3 is 29.7 Å². The molecule has 1 saturated heterocycles. The molecule has 2 aromatic rings. The van der Waals surface area contributed by atoms with Crippen molar-refractivity contribution in [2.24, 2.45) is 0 Å². The number of amides is 1. The van der Waals surface area contributed by atoms with Crippen LogP contribution in [0.3, 0.4) is 0 Å². The van der Waals surface area contributed by atoms with Crippen LogP contribution in [0.1, 0.15) is 41.3 Å². The molecular weight excluding hydrogens is 450 g/mol. The summed E-state index contributed by atoms with van der Waals surface area (Å²) in [6.45, 7) is 3.18. The monoisotopic (exact) mass is 477 g/mol. The molecule has 2 aromatic carbocycles. The highest BCUT2D eigenvalue weighted by molar-refractivity contribution is 6.37. The second-order valence-corrected chi connectivity index (χ2v) is 8.75. The van der Waals surface area contributed by atoms with Crippen LogP contribution in [0.4, 0.5) is 5.69 Å². The first-order valence-corrected chi connectivity index (χ1v) is 11.6. The van der Waals surface area contributed by atoms with Gasteiger partial charge in [-0.2, -0.15) is 0 Å². The maximum absolute atomic E-state index is 13.4. The topological polar surface area (TPSA) is 106 Å². The molecule has 0 atom stereocenters. The minimum atomic E-state index is -0.404. The maximum Gasteiger partial charge on any atom is 0.325 e. The van der Waals surface area contributed by atoms with Crippen molar-refractivity contribution in [2.45, 2.75) is 25.8 Å². The fourth-order valence-corrected chi connectivity index (χ4v) is 4.83. The minimum Gasteiger partial charge on any atom is -0.468 e. The normalized spacial score (nSPS) is 18.1. The molecular formula is C26H27N3O6. The number of carbonyl (C=O) groups is 3. The maximum atomic E-state index is 13.4. The van der Waals surface area contributed by atoms with Gasteiger partial charge in [0.15, 0.2) is 17.3 Å². The van der Waals surface area contributed by atoms with Crippen molar-refractivity contribution in [1.82, 2.24) is 10.2 Å². The largest absolute Gasteiger partial charge is 0.468 e. The molecule has 1 amide bonds. The smallest absolute Gasteiger partial charge is 0.325 e. The molecule has 182 valence electrons. The quantitative estimate of drug-likeness (QED) is 0.372. The number of fused-ring (bicyclic) bond motifs is 2. The molecule has 0 spiro atoms. The van der Waals surface area contributed by atoms with Crippen LogP contribution in [0, 0.1) is 0 Å². The Labute approximate surface area is 203 Å². The SMILES string of the molecule is COC(=O)CN(/C(=C1\C(=O)Nc2ccc(C(C)=O)cc21)c1ccc2c(c1)OCO2)C1CCNCC1. The van der Waals surface area contributed by atoms with Gasteiger partial charge in [-0.3, -0.25) is 14.4 Å². The van der Waals surface area contributed by atoms with E-state index in [1.807, 2.05) is 17.0 Å². The summed E-state index contributed by atoms with van der Waals surface area (Å²) in [6, 6.07) is 10.7. The second kappa shape index (κ2) is 9.42. The fraction of sp³-hybridized carbons (Fsp3) is 0.346. The summed E-state index contributed by atoms with van der Waals surface area (Å²) in [5, 5.41) is 6.27. The van der Waals surface area contributed by atoms with Crippen molar-refractivity contribution in [1.29, 1.82) is 0 Å². The van der Waals surface area contributed by atoms with Crippen molar-refractivity contribution in [3.8, 4) is 11.5 Å². The number of piperidine rings is 1. The zero-order valence-corrected chi connectivity index (χ0v) is 19.7. The first kappa shape index (κ1) is 22.9. The summed E-state index contributed by atoms with van der Waals surface area (Å²) in [6.07, 6.45) is 1.58. The van der Waals surface area contributed by atoms with Gasteiger partial charge in [0.1, 0.15) is 6.54 Å². The number of esters is 1. The molecule has 0 saturated carbocycles. The Kier molecular flexibility index (Phi) is 6.17. The van der Waals surface area contributed by atoms with Gasteiger partial charge in [0.05, 0.1) is 18.4 Å². The Morgan fingerprint density at radius 3 is 2.54 bits per heavy atom. The number of hydrogen-bond acceptors (Lipinski definition) is 8. The van der Waals surface area contributed by atoms with Gasteiger partial charge in [-0.1, -0.05) is 0 Å². The van der Waals surface area contributed by atoms with Crippen LogP contribution in [-0.4, -0.2) is 62.1 Å². The molecule has 3 aliphatic rings. The zero-order valence-electron chi connectivity index (χ0n) is 19.7. The van der Waals surface area contributed by atoms with E-state index in [9.17, 15) is 14.4 Å². The number of ether oxygens (including phenoxy) is 3. The third-order valence-electron chi connectivity index (χ3n) is 6.62. The number of Topliss-reactive ketones (excluding diaryl/α,β-unsaturated/α-hetero) is 1. The Bertz CT molecular complexity index is 1230. The highest BCUT2D eigenvalue weighted by Gasteiger charge is 2.35. The molecule has 0 radical (unpaired) electrons. The summed E-state index contributed by atoms with van der Waals surface area (Å²) in [5.41, 5.74) is 3.46. The van der Waals surface area contributed by atoms with E-state index in [1.165, 1.54) is 14.0 Å². The lowest BCUT2D eigenvalue weighted by Crippen LogP contribution is -2.45. The van der Waals surface area contributed by atoms with Crippen LogP contribution in [0.25, 0.3) is 11.3 Å². The average Bonchev–Trinajstić information content (AvgIpc) is 3.47. The standard InChI is InChI=1S/C26H27N3O6/c1-15(30)16-3-5-20-19(11-16)24(26(32)28-20)25(17-4-6-21-22(12-17)35-14-34-21)29(13-23(31)33-2)18-7-9-27-10-8-18/h3-6,11-12,18,27H,7-10,13-14H2,1-2H3,(H,28,32)/b25-24-. The van der Waals surface area contributed by atoms with Crippen molar-refractivity contribution in [3.63, 3.8) is 0 Å². The van der Waals surface area contributed by atoms with Gasteiger partial charge in [-0.25, -0.2) is 0 Å². The van der Waals surface area contributed by atoms with Gasteiger partial charge >= 0.3 is 5.97 Å². The summed E-state index contributed by atoms with van der Waals surface area (Å²) in [7, 11) is 1.35. The highest BCUT2D eigenvalue weighted by atomic mass is 16.7. The van der Waals surface area contributed by atoms with E-state index >= 15 is 0 Å². The summed E-state index contributed by atoms with van der Waals surface area (Å²) in [4.78, 5) is 40.1. The molecule has 3 aliphatic heterocycles. The van der Waals surface area contributed by atoms with Crippen LogP contribution in [0.2, 0.25) is 0 Å². The average molecular weight is 478 g/mol. The number of nitrogens with one attached hydrogen (secondary N) is 2. The number of carbonyl (C=O) groups excluding carboxylic acids is 3. The second-order valence-electron chi connectivity index (χ2n) is 8.75. The number of ketones is 1. The lowest BCUT2D eigenvalue weighted by Gasteiger charge is -2.38. The van der Waals surface area contributed by atoms with E-state index in [0.29, 0.717) is 45.1 Å². The first-order valence-electron chi connectivity index (χ1n) is 11.6. The van der Waals surface area contributed by atoms with E-state index in [4.69, 9.17) is 14.2 Å². The van der Waals surface area contributed by atoms with E-state index in [-0.39, 0.29) is 31.1 Å². The zero-order chi connectivity index (χ0) is 24.5. The van der Waals surface area contributed by atoms with Crippen LogP contribution in [-0.2, 0) is 14.3 Å². The van der Waals surface area contributed by atoms with Gasteiger partial charge in [-0.05, 0) is 69.3 Å². The molecule has 9 heteroatoms. The van der Waals surface area contributed by atoms with Crippen LogP contribution in [0.15, 0.2) is 36.4 Å². The van der Waals surface area contributed by atoms with Crippen LogP contribution < -0.4 is 20.1 Å². The van der Waals surface area contributed by atoms with E-state index < -0.39 is 5.97 Å². The number of anilines is 1. The summed E-state index contributed by atoms with van der Waals surface area (Å²) < 4.78 is 16.1. The highest BCUT2D eigenvalue weighted by Crippen LogP contribution is 2.43. The number of methoxy groups -OCH3 is 1. The third-order valence-corrected chi connectivity index (χ3v) is 6.62. The number of nitrogens with zero attached hydrogens (tertiary/aromatic N) is 1. The van der Waals surface area contributed by atoms with Crippen molar-refractivity contribution < 1.29 is 28.6 Å². The van der Waals surface area contributed by atoms with Gasteiger partial charge in [0.25, 0.3) is 5.91 Å². The predicted molar refractivity (Wildman–Crippen MR) is 129 cm³/mol. The van der Waals surface area contributed by atoms with Crippen LogP contribution >= 0.6 is 0 Å². The lowest BCUT2D eigenvalue weighted by molar-refractivity contribution is -0.141. The van der Waals surface area contributed by atoms with E-state index in [0.717, 1.165) is 25.9 Å². The fourth-order valence-electron chi connectivity index (χ4n) is 4.83. The number of rotatable bonds is 6. The minimum absolute atomic E-state index is 0.00360. The molecule has 9 nitrogen and oxygen atoms in total. The van der Waals surface area contributed by atoms with E-state index in [2.05, 4.69) is 10.6 Å². The predicted octanol–water partition coefficient (Wildman–Crippen LogP) is 2.67. The molecule has 0 bridgehead atoms. The van der Waals surface area contributed by atoms with Crippen molar-refractivity contribution >= 4 is 34.6 Å². The van der Waals surface area contributed by atoms with E-state index in [1.54, 1.807) is 24.3 Å². The number of hydrogen-bond donors (Lipinski definition) is 2. The van der Waals surface area contributed by atoms with Crippen molar-refractivity contribution in [3.05, 3.63) is 53.1 Å². The molecule has 5 rings (SSSR count).